The zero-order chi connectivity index (χ0) is 27.7. The van der Waals surface area contributed by atoms with Crippen LogP contribution < -0.4 is 10.2 Å². The molecule has 2 heterocycles. The van der Waals surface area contributed by atoms with Crippen molar-refractivity contribution in [3.63, 3.8) is 0 Å². The predicted molar refractivity (Wildman–Crippen MR) is 132 cm³/mol. The Balaban J connectivity index is 0.000000505. The molecule has 2 fully saturated rings. The number of rotatable bonds is 5. The van der Waals surface area contributed by atoms with E-state index in [1.165, 1.54) is 12.1 Å². The number of carboxylic acid groups (broad SMARTS) is 2. The van der Waals surface area contributed by atoms with Crippen molar-refractivity contribution in [3.8, 4) is 0 Å². The average molecular weight is 541 g/mol. The van der Waals surface area contributed by atoms with Crippen molar-refractivity contribution in [2.45, 2.75) is 25.1 Å². The molecule has 2 saturated heterocycles. The summed E-state index contributed by atoms with van der Waals surface area (Å²) in [6, 6.07) is 13.3. The van der Waals surface area contributed by atoms with Gasteiger partial charge in [-0.2, -0.15) is 13.2 Å². The molecule has 2 aliphatic rings. The molecule has 0 aliphatic carbocycles. The van der Waals surface area contributed by atoms with Crippen molar-refractivity contribution in [1.82, 2.24) is 4.90 Å². The number of piperazine rings is 1. The van der Waals surface area contributed by atoms with Crippen molar-refractivity contribution < 1.29 is 42.1 Å². The van der Waals surface area contributed by atoms with E-state index in [1.54, 1.807) is 30.3 Å². The number of hydrogen-bond acceptors (Lipinski definition) is 5. The van der Waals surface area contributed by atoms with Crippen LogP contribution in [0.1, 0.15) is 23.2 Å². The Morgan fingerprint density at radius 3 is 2.26 bits per heavy atom. The molecule has 0 saturated carbocycles. The number of alkyl halides is 3. The van der Waals surface area contributed by atoms with Crippen LogP contribution in [0, 0.1) is 5.82 Å². The lowest BCUT2D eigenvalue weighted by Gasteiger charge is -2.38. The van der Waals surface area contributed by atoms with E-state index in [0.29, 0.717) is 12.2 Å². The SMILES string of the molecule is O=C(O)C(F)(F)F.O=C(O)c1cccc(NC(=NCC2CCCO2)N2CCN(c3ccc(F)cc3)CC2)c1. The standard InChI is InChI=1S/C23H27FN4O3.C2HF3O2/c24-18-6-8-20(9-7-18)27-10-12-28(13-11-27)23(25-16-21-5-2-14-31-21)26-19-4-1-3-17(15-19)22(29)30;3-2(4,5)1(6)7/h1,3-4,6-9,15,21H,2,5,10-14,16H2,(H,25,26)(H,29,30);(H,6,7). The van der Waals surface area contributed by atoms with E-state index in [2.05, 4.69) is 15.1 Å². The summed E-state index contributed by atoms with van der Waals surface area (Å²) in [5.41, 5.74) is 1.91. The van der Waals surface area contributed by atoms with Crippen LogP contribution in [0.2, 0.25) is 0 Å². The first kappa shape index (κ1) is 28.7. The van der Waals surface area contributed by atoms with Gasteiger partial charge in [0.2, 0.25) is 0 Å². The number of nitrogens with one attached hydrogen (secondary N) is 1. The normalized spacial score (nSPS) is 18.0. The Labute approximate surface area is 216 Å². The maximum absolute atomic E-state index is 13.2. The van der Waals surface area contributed by atoms with E-state index in [1.807, 2.05) is 6.07 Å². The fourth-order valence-corrected chi connectivity index (χ4v) is 3.88. The van der Waals surface area contributed by atoms with Gasteiger partial charge in [-0.1, -0.05) is 6.07 Å². The highest BCUT2D eigenvalue weighted by molar-refractivity contribution is 5.96. The van der Waals surface area contributed by atoms with Crippen LogP contribution in [-0.4, -0.2) is 84.6 Å². The summed E-state index contributed by atoms with van der Waals surface area (Å²) in [5.74, 6) is -3.24. The molecule has 4 rings (SSSR count). The van der Waals surface area contributed by atoms with Crippen LogP contribution in [0.5, 0.6) is 0 Å². The molecule has 0 aromatic heterocycles. The van der Waals surface area contributed by atoms with Crippen LogP contribution >= 0.6 is 0 Å². The van der Waals surface area contributed by atoms with Gasteiger partial charge >= 0.3 is 18.1 Å². The van der Waals surface area contributed by atoms with Gasteiger partial charge in [0.25, 0.3) is 0 Å². The number of hydrogen-bond donors (Lipinski definition) is 3. The summed E-state index contributed by atoms with van der Waals surface area (Å²) in [5, 5.41) is 19.7. The van der Waals surface area contributed by atoms with Crippen LogP contribution in [0.15, 0.2) is 53.5 Å². The minimum absolute atomic E-state index is 0.127. The molecule has 13 heteroatoms. The quantitative estimate of drug-likeness (QED) is 0.297. The molecule has 2 aliphatic heterocycles. The van der Waals surface area contributed by atoms with Crippen molar-refractivity contribution in [2.75, 3.05) is 49.5 Å². The third-order valence-electron chi connectivity index (χ3n) is 5.85. The molecule has 3 N–H and O–H groups in total. The van der Waals surface area contributed by atoms with Gasteiger partial charge in [0.15, 0.2) is 5.96 Å². The van der Waals surface area contributed by atoms with Gasteiger partial charge in [0.1, 0.15) is 5.82 Å². The largest absolute Gasteiger partial charge is 0.490 e. The Morgan fingerprint density at radius 1 is 1.05 bits per heavy atom. The Hall–Kier alpha value is -3.87. The minimum atomic E-state index is -5.08. The number of aliphatic carboxylic acids is 1. The lowest BCUT2D eigenvalue weighted by atomic mass is 10.2. The van der Waals surface area contributed by atoms with Crippen molar-refractivity contribution in [1.29, 1.82) is 0 Å². The Morgan fingerprint density at radius 2 is 1.71 bits per heavy atom. The summed E-state index contributed by atoms with van der Waals surface area (Å²) >= 11 is 0. The molecule has 9 nitrogen and oxygen atoms in total. The summed E-state index contributed by atoms with van der Waals surface area (Å²) in [7, 11) is 0. The number of aromatic carboxylic acids is 1. The number of benzene rings is 2. The number of halogens is 4. The third kappa shape index (κ3) is 8.61. The van der Waals surface area contributed by atoms with E-state index in [4.69, 9.17) is 19.6 Å². The first-order valence-electron chi connectivity index (χ1n) is 11.8. The third-order valence-corrected chi connectivity index (χ3v) is 5.85. The van der Waals surface area contributed by atoms with Gasteiger partial charge < -0.3 is 30.1 Å². The number of nitrogens with zero attached hydrogens (tertiary/aromatic N) is 3. The highest BCUT2D eigenvalue weighted by atomic mass is 19.4. The highest BCUT2D eigenvalue weighted by Gasteiger charge is 2.38. The van der Waals surface area contributed by atoms with Crippen LogP contribution in [0.3, 0.4) is 0 Å². The molecule has 2 aromatic carbocycles. The van der Waals surface area contributed by atoms with Crippen molar-refractivity contribution in [2.24, 2.45) is 4.99 Å². The monoisotopic (exact) mass is 540 g/mol. The number of anilines is 2. The van der Waals surface area contributed by atoms with Gasteiger partial charge in [-0.3, -0.25) is 4.99 Å². The fraction of sp³-hybridized carbons (Fsp3) is 0.400. The number of aliphatic imine (C=N–C) groups is 1. The lowest BCUT2D eigenvalue weighted by Crippen LogP contribution is -2.51. The van der Waals surface area contributed by atoms with Gasteiger partial charge in [0.05, 0.1) is 18.2 Å². The van der Waals surface area contributed by atoms with Crippen LogP contribution in [0.25, 0.3) is 0 Å². The average Bonchev–Trinajstić information content (AvgIpc) is 3.41. The number of guanidine groups is 1. The van der Waals surface area contributed by atoms with Crippen molar-refractivity contribution in [3.05, 3.63) is 59.9 Å². The zero-order valence-corrected chi connectivity index (χ0v) is 20.3. The Bertz CT molecular complexity index is 1110. The molecular formula is C25H28F4N4O5. The van der Waals surface area contributed by atoms with E-state index in [-0.39, 0.29) is 17.5 Å². The second-order valence-corrected chi connectivity index (χ2v) is 8.56. The zero-order valence-electron chi connectivity index (χ0n) is 20.3. The minimum Gasteiger partial charge on any atom is -0.478 e. The maximum Gasteiger partial charge on any atom is 0.490 e. The van der Waals surface area contributed by atoms with Crippen LogP contribution in [-0.2, 0) is 9.53 Å². The predicted octanol–water partition coefficient (Wildman–Crippen LogP) is 3.93. The van der Waals surface area contributed by atoms with Gasteiger partial charge in [0, 0.05) is 44.2 Å². The highest BCUT2D eigenvalue weighted by Crippen LogP contribution is 2.19. The van der Waals surface area contributed by atoms with E-state index >= 15 is 0 Å². The molecule has 1 unspecified atom stereocenters. The van der Waals surface area contributed by atoms with Gasteiger partial charge in [-0.15, -0.1) is 0 Å². The molecule has 38 heavy (non-hydrogen) atoms. The Kier molecular flexibility index (Phi) is 9.88. The summed E-state index contributed by atoms with van der Waals surface area (Å²) in [6.07, 6.45) is -2.90. The first-order chi connectivity index (χ1) is 18.0. The maximum atomic E-state index is 13.2. The van der Waals surface area contributed by atoms with E-state index in [9.17, 15) is 27.5 Å². The lowest BCUT2D eigenvalue weighted by molar-refractivity contribution is -0.192. The number of carbonyl (C=O) groups is 2. The molecule has 0 radical (unpaired) electrons. The molecular weight excluding hydrogens is 512 g/mol. The molecule has 0 amide bonds. The van der Waals surface area contributed by atoms with E-state index in [0.717, 1.165) is 57.3 Å². The molecule has 0 bridgehead atoms. The molecule has 206 valence electrons. The number of carboxylic acids is 2. The van der Waals surface area contributed by atoms with Crippen molar-refractivity contribution >= 4 is 29.3 Å². The first-order valence-corrected chi connectivity index (χ1v) is 11.8. The topological polar surface area (TPSA) is 115 Å². The summed E-state index contributed by atoms with van der Waals surface area (Å²) in [6.45, 7) is 4.39. The molecule has 1 atom stereocenters. The van der Waals surface area contributed by atoms with Gasteiger partial charge in [-0.05, 0) is 55.3 Å². The number of ether oxygens (including phenoxy) is 1. The van der Waals surface area contributed by atoms with E-state index < -0.39 is 18.1 Å². The molecule has 2 aromatic rings. The summed E-state index contributed by atoms with van der Waals surface area (Å²) in [4.78, 5) is 29.4. The second-order valence-electron chi connectivity index (χ2n) is 8.56. The summed E-state index contributed by atoms with van der Waals surface area (Å²) < 4.78 is 50.7. The van der Waals surface area contributed by atoms with Crippen LogP contribution in [0.4, 0.5) is 28.9 Å². The second kappa shape index (κ2) is 13.1. The smallest absolute Gasteiger partial charge is 0.478 e. The fourth-order valence-electron chi connectivity index (χ4n) is 3.88. The molecule has 0 spiro atoms. The van der Waals surface area contributed by atoms with Gasteiger partial charge in [-0.25, -0.2) is 14.0 Å².